The molecule has 0 atom stereocenters. The second-order valence-electron chi connectivity index (χ2n) is 7.15. The summed E-state index contributed by atoms with van der Waals surface area (Å²) in [6, 6.07) is 12.1. The van der Waals surface area contributed by atoms with Crippen molar-refractivity contribution in [1.29, 1.82) is 0 Å². The smallest absolute Gasteiger partial charge is 0.258 e. The van der Waals surface area contributed by atoms with Crippen LogP contribution in [-0.2, 0) is 11.3 Å². The van der Waals surface area contributed by atoms with Gasteiger partial charge in [0.1, 0.15) is 5.75 Å². The molecule has 2 aromatic carbocycles. The molecule has 1 aliphatic rings. The zero-order valence-corrected chi connectivity index (χ0v) is 16.8. The highest BCUT2D eigenvalue weighted by Gasteiger charge is 2.11. The van der Waals surface area contributed by atoms with Gasteiger partial charge in [-0.3, -0.25) is 4.79 Å². The molecule has 3 rings (SSSR count). The average molecular weight is 387 g/mol. The molecule has 0 saturated carbocycles. The van der Waals surface area contributed by atoms with Crippen LogP contribution >= 0.6 is 11.6 Å². The molecule has 0 spiro atoms. The van der Waals surface area contributed by atoms with Crippen LogP contribution in [0.15, 0.2) is 36.4 Å². The highest BCUT2D eigenvalue weighted by molar-refractivity contribution is 6.32. The number of rotatable bonds is 6. The predicted octanol–water partition coefficient (Wildman–Crippen LogP) is 4.64. The van der Waals surface area contributed by atoms with Crippen molar-refractivity contribution in [2.45, 2.75) is 39.7 Å². The fraction of sp³-hybridized carbons (Fsp3) is 0.409. The number of ether oxygens (including phenoxy) is 1. The van der Waals surface area contributed by atoms with E-state index in [9.17, 15) is 4.79 Å². The lowest BCUT2D eigenvalue weighted by Gasteiger charge is -2.28. The molecule has 1 N–H and O–H groups in total. The number of amides is 1. The Labute approximate surface area is 166 Å². The van der Waals surface area contributed by atoms with Crippen molar-refractivity contribution in [3.8, 4) is 5.75 Å². The Balaban J connectivity index is 1.46. The van der Waals surface area contributed by atoms with Crippen LogP contribution in [-0.4, -0.2) is 25.6 Å². The molecule has 2 aromatic rings. The van der Waals surface area contributed by atoms with E-state index in [0.29, 0.717) is 12.3 Å². The molecule has 1 fully saturated rings. The maximum absolute atomic E-state index is 12.1. The standard InChI is InChI=1S/C22H27ClN2O2/c1-16-12-20(13-17(2)22(16)23)27-15-21(26)24-14-18-6-8-19(9-7-18)25-10-4-3-5-11-25/h6-9,12-13H,3-5,10-11,14-15H2,1-2H3,(H,24,26). The van der Waals surface area contributed by atoms with Crippen LogP contribution in [0.5, 0.6) is 5.75 Å². The average Bonchev–Trinajstić information content (AvgIpc) is 2.70. The normalized spacial score (nSPS) is 14.1. The Morgan fingerprint density at radius 3 is 2.33 bits per heavy atom. The molecule has 1 aliphatic heterocycles. The van der Waals surface area contributed by atoms with Gasteiger partial charge in [0.2, 0.25) is 0 Å². The Morgan fingerprint density at radius 1 is 1.07 bits per heavy atom. The minimum absolute atomic E-state index is 0.00757. The number of aryl methyl sites for hydroxylation is 2. The number of piperidine rings is 1. The first kappa shape index (κ1) is 19.6. The van der Waals surface area contributed by atoms with Crippen molar-refractivity contribution in [2.75, 3.05) is 24.6 Å². The lowest BCUT2D eigenvalue weighted by Crippen LogP contribution is -2.29. The van der Waals surface area contributed by atoms with Crippen LogP contribution in [0.4, 0.5) is 5.69 Å². The zero-order chi connectivity index (χ0) is 19.2. The summed E-state index contributed by atoms with van der Waals surface area (Å²) in [7, 11) is 0. The summed E-state index contributed by atoms with van der Waals surface area (Å²) in [5.74, 6) is 0.524. The lowest BCUT2D eigenvalue weighted by atomic mass is 10.1. The number of nitrogens with zero attached hydrogens (tertiary/aromatic N) is 1. The number of halogens is 1. The SMILES string of the molecule is Cc1cc(OCC(=O)NCc2ccc(N3CCCCC3)cc2)cc(C)c1Cl. The van der Waals surface area contributed by atoms with Crippen LogP contribution in [0.25, 0.3) is 0 Å². The summed E-state index contributed by atoms with van der Waals surface area (Å²) in [4.78, 5) is 14.5. The Hall–Kier alpha value is -2.20. The fourth-order valence-electron chi connectivity index (χ4n) is 3.37. The lowest BCUT2D eigenvalue weighted by molar-refractivity contribution is -0.123. The largest absolute Gasteiger partial charge is 0.484 e. The van der Waals surface area contributed by atoms with Gasteiger partial charge in [0, 0.05) is 30.3 Å². The van der Waals surface area contributed by atoms with Crippen LogP contribution in [0.1, 0.15) is 36.0 Å². The van der Waals surface area contributed by atoms with E-state index in [-0.39, 0.29) is 12.5 Å². The summed E-state index contributed by atoms with van der Waals surface area (Å²) >= 11 is 6.15. The second-order valence-corrected chi connectivity index (χ2v) is 7.53. The Kier molecular flexibility index (Phi) is 6.62. The van der Waals surface area contributed by atoms with Gasteiger partial charge in [-0.2, -0.15) is 0 Å². The minimum Gasteiger partial charge on any atom is -0.484 e. The van der Waals surface area contributed by atoms with E-state index in [2.05, 4.69) is 34.5 Å². The molecular weight excluding hydrogens is 360 g/mol. The highest BCUT2D eigenvalue weighted by atomic mass is 35.5. The van der Waals surface area contributed by atoms with Crippen LogP contribution in [0.3, 0.4) is 0 Å². The number of nitrogens with one attached hydrogen (secondary N) is 1. The van der Waals surface area contributed by atoms with Gasteiger partial charge in [-0.1, -0.05) is 23.7 Å². The van der Waals surface area contributed by atoms with Gasteiger partial charge in [0.15, 0.2) is 6.61 Å². The Morgan fingerprint density at radius 2 is 1.70 bits per heavy atom. The number of carbonyl (C=O) groups excluding carboxylic acids is 1. The highest BCUT2D eigenvalue weighted by Crippen LogP contribution is 2.25. The van der Waals surface area contributed by atoms with E-state index in [0.717, 1.165) is 34.8 Å². The van der Waals surface area contributed by atoms with Gasteiger partial charge in [0.25, 0.3) is 5.91 Å². The molecule has 4 nitrogen and oxygen atoms in total. The number of hydrogen-bond donors (Lipinski definition) is 1. The van der Waals surface area contributed by atoms with Crippen molar-refractivity contribution >= 4 is 23.2 Å². The third kappa shape index (κ3) is 5.39. The molecule has 1 heterocycles. The van der Waals surface area contributed by atoms with E-state index in [1.54, 1.807) is 0 Å². The van der Waals surface area contributed by atoms with E-state index < -0.39 is 0 Å². The maximum Gasteiger partial charge on any atom is 0.258 e. The molecule has 144 valence electrons. The molecule has 5 heteroatoms. The monoisotopic (exact) mass is 386 g/mol. The first-order valence-corrected chi connectivity index (χ1v) is 9.91. The molecule has 0 radical (unpaired) electrons. The molecule has 1 saturated heterocycles. The van der Waals surface area contributed by atoms with Crippen LogP contribution in [0.2, 0.25) is 5.02 Å². The number of hydrogen-bond acceptors (Lipinski definition) is 3. The second kappa shape index (κ2) is 9.14. The van der Waals surface area contributed by atoms with Crippen LogP contribution < -0.4 is 15.0 Å². The first-order chi connectivity index (χ1) is 13.0. The van der Waals surface area contributed by atoms with E-state index in [4.69, 9.17) is 16.3 Å². The van der Waals surface area contributed by atoms with Gasteiger partial charge >= 0.3 is 0 Å². The van der Waals surface area contributed by atoms with Gasteiger partial charge in [-0.25, -0.2) is 0 Å². The van der Waals surface area contributed by atoms with Crippen molar-refractivity contribution in [3.05, 3.63) is 58.1 Å². The molecule has 1 amide bonds. The third-order valence-electron chi connectivity index (χ3n) is 4.93. The quantitative estimate of drug-likeness (QED) is 0.786. The third-order valence-corrected chi connectivity index (χ3v) is 5.52. The fourth-order valence-corrected chi connectivity index (χ4v) is 3.48. The molecule has 0 aliphatic carbocycles. The summed E-state index contributed by atoms with van der Waals surface area (Å²) in [5.41, 5.74) is 4.24. The van der Waals surface area contributed by atoms with Gasteiger partial charge in [-0.15, -0.1) is 0 Å². The number of carbonyl (C=O) groups is 1. The van der Waals surface area contributed by atoms with Crippen molar-refractivity contribution in [1.82, 2.24) is 5.32 Å². The van der Waals surface area contributed by atoms with Crippen molar-refractivity contribution < 1.29 is 9.53 Å². The zero-order valence-electron chi connectivity index (χ0n) is 16.1. The number of benzene rings is 2. The van der Waals surface area contributed by atoms with E-state index in [1.165, 1.54) is 24.9 Å². The topological polar surface area (TPSA) is 41.6 Å². The molecular formula is C22H27ClN2O2. The summed E-state index contributed by atoms with van der Waals surface area (Å²) in [6.45, 7) is 6.62. The summed E-state index contributed by atoms with van der Waals surface area (Å²) in [6.07, 6.45) is 3.87. The van der Waals surface area contributed by atoms with Crippen molar-refractivity contribution in [2.24, 2.45) is 0 Å². The Bertz CT molecular complexity index is 760. The van der Waals surface area contributed by atoms with Gasteiger partial charge < -0.3 is 15.0 Å². The van der Waals surface area contributed by atoms with Gasteiger partial charge in [-0.05, 0) is 74.1 Å². The van der Waals surface area contributed by atoms with Gasteiger partial charge in [0.05, 0.1) is 0 Å². The minimum atomic E-state index is -0.139. The molecule has 0 aromatic heterocycles. The summed E-state index contributed by atoms with van der Waals surface area (Å²) in [5, 5.41) is 3.64. The van der Waals surface area contributed by atoms with Crippen LogP contribution in [0, 0.1) is 13.8 Å². The molecule has 27 heavy (non-hydrogen) atoms. The first-order valence-electron chi connectivity index (χ1n) is 9.53. The van der Waals surface area contributed by atoms with Crippen molar-refractivity contribution in [3.63, 3.8) is 0 Å². The van der Waals surface area contributed by atoms with E-state index >= 15 is 0 Å². The number of anilines is 1. The molecule has 0 bridgehead atoms. The van der Waals surface area contributed by atoms with E-state index in [1.807, 2.05) is 26.0 Å². The maximum atomic E-state index is 12.1. The predicted molar refractivity (Wildman–Crippen MR) is 111 cm³/mol. The summed E-state index contributed by atoms with van der Waals surface area (Å²) < 4.78 is 5.59. The molecule has 0 unspecified atom stereocenters.